The summed E-state index contributed by atoms with van der Waals surface area (Å²) in [5.74, 6) is 2.23. The predicted molar refractivity (Wildman–Crippen MR) is 124 cm³/mol. The highest BCUT2D eigenvalue weighted by Gasteiger charge is 2.21. The van der Waals surface area contributed by atoms with E-state index >= 15 is 0 Å². The standard InChI is InChI=1S/C25H33N3O4/c1-19(26-20(2)29)22-3-7-25(8-4-22)32-18-27-12-13-28(17-27)23-5-9-24(10-6-23)31-16-21-11-14-30-15-21/h3-10,19,21H,11-18H2,1-2H3,(H,26,29). The SMILES string of the molecule is CC(=O)NC(C)c1ccc(OCN2CCN(c3ccc(OCC4CCOC4)cc3)C2)cc1. The van der Waals surface area contributed by atoms with Crippen LogP contribution >= 0.6 is 0 Å². The Bertz CT molecular complexity index is 866. The number of hydrogen-bond acceptors (Lipinski definition) is 6. The molecule has 4 rings (SSSR count). The highest BCUT2D eigenvalue weighted by Crippen LogP contribution is 2.24. The fraction of sp³-hybridized carbons (Fsp3) is 0.480. The van der Waals surface area contributed by atoms with Gasteiger partial charge < -0.3 is 24.4 Å². The summed E-state index contributed by atoms with van der Waals surface area (Å²) in [6.45, 7) is 9.19. The van der Waals surface area contributed by atoms with Crippen LogP contribution in [0.1, 0.15) is 31.9 Å². The van der Waals surface area contributed by atoms with Gasteiger partial charge in [-0.05, 0) is 55.3 Å². The second-order valence-electron chi connectivity index (χ2n) is 8.60. The lowest BCUT2D eigenvalue weighted by Crippen LogP contribution is -2.28. The van der Waals surface area contributed by atoms with Gasteiger partial charge in [-0.25, -0.2) is 0 Å². The molecule has 32 heavy (non-hydrogen) atoms. The smallest absolute Gasteiger partial charge is 0.217 e. The van der Waals surface area contributed by atoms with Crippen molar-refractivity contribution in [1.82, 2.24) is 10.2 Å². The van der Waals surface area contributed by atoms with Crippen molar-refractivity contribution < 1.29 is 19.0 Å². The molecule has 2 atom stereocenters. The molecule has 1 amide bonds. The molecule has 2 unspecified atom stereocenters. The first-order valence-electron chi connectivity index (χ1n) is 11.3. The van der Waals surface area contributed by atoms with Gasteiger partial charge in [-0.15, -0.1) is 0 Å². The molecule has 7 heteroatoms. The first-order chi connectivity index (χ1) is 15.6. The Hall–Kier alpha value is -2.77. The van der Waals surface area contributed by atoms with E-state index in [0.717, 1.165) is 63.1 Å². The lowest BCUT2D eigenvalue weighted by molar-refractivity contribution is -0.119. The Morgan fingerprint density at radius 1 is 1.09 bits per heavy atom. The average molecular weight is 440 g/mol. The van der Waals surface area contributed by atoms with Crippen LogP contribution < -0.4 is 19.7 Å². The Morgan fingerprint density at radius 2 is 1.81 bits per heavy atom. The number of ether oxygens (including phenoxy) is 3. The Balaban J connectivity index is 1.21. The van der Waals surface area contributed by atoms with Crippen molar-refractivity contribution in [3.63, 3.8) is 0 Å². The van der Waals surface area contributed by atoms with Crippen LogP contribution in [0.5, 0.6) is 11.5 Å². The molecule has 2 fully saturated rings. The molecule has 0 bridgehead atoms. The molecule has 7 nitrogen and oxygen atoms in total. The van der Waals surface area contributed by atoms with Gasteiger partial charge in [0.15, 0.2) is 0 Å². The van der Waals surface area contributed by atoms with Gasteiger partial charge in [-0.2, -0.15) is 0 Å². The molecular weight excluding hydrogens is 406 g/mol. The second-order valence-corrected chi connectivity index (χ2v) is 8.60. The normalized spacial score (nSPS) is 19.7. The first kappa shape index (κ1) is 22.4. The molecule has 0 aliphatic carbocycles. The Morgan fingerprint density at radius 3 is 2.50 bits per heavy atom. The summed E-state index contributed by atoms with van der Waals surface area (Å²) in [5.41, 5.74) is 2.25. The maximum atomic E-state index is 11.2. The third-order valence-electron chi connectivity index (χ3n) is 5.98. The van der Waals surface area contributed by atoms with Gasteiger partial charge in [0.05, 0.1) is 25.9 Å². The third kappa shape index (κ3) is 6.14. The summed E-state index contributed by atoms with van der Waals surface area (Å²) >= 11 is 0. The van der Waals surface area contributed by atoms with Gasteiger partial charge in [0.2, 0.25) is 5.91 Å². The van der Waals surface area contributed by atoms with Crippen molar-refractivity contribution in [3.8, 4) is 11.5 Å². The zero-order chi connectivity index (χ0) is 22.3. The van der Waals surface area contributed by atoms with Gasteiger partial charge in [0, 0.05) is 38.2 Å². The highest BCUT2D eigenvalue weighted by molar-refractivity contribution is 5.73. The molecule has 0 aromatic heterocycles. The van der Waals surface area contributed by atoms with Gasteiger partial charge in [0.25, 0.3) is 0 Å². The van der Waals surface area contributed by atoms with Crippen LogP contribution in [0.4, 0.5) is 5.69 Å². The fourth-order valence-electron chi connectivity index (χ4n) is 4.05. The number of rotatable bonds is 9. The highest BCUT2D eigenvalue weighted by atomic mass is 16.5. The van der Waals surface area contributed by atoms with E-state index in [2.05, 4.69) is 27.2 Å². The molecule has 0 spiro atoms. The van der Waals surface area contributed by atoms with Gasteiger partial charge in [0.1, 0.15) is 18.2 Å². The number of nitrogens with zero attached hydrogens (tertiary/aromatic N) is 2. The Labute approximate surface area is 190 Å². The predicted octanol–water partition coefficient (Wildman–Crippen LogP) is 3.42. The summed E-state index contributed by atoms with van der Waals surface area (Å²) in [6, 6.07) is 16.2. The molecule has 2 saturated heterocycles. The number of nitrogens with one attached hydrogen (secondary N) is 1. The number of carbonyl (C=O) groups is 1. The molecule has 2 aromatic carbocycles. The number of anilines is 1. The van der Waals surface area contributed by atoms with Gasteiger partial charge >= 0.3 is 0 Å². The molecule has 1 N–H and O–H groups in total. The fourth-order valence-corrected chi connectivity index (χ4v) is 4.05. The first-order valence-corrected chi connectivity index (χ1v) is 11.3. The van der Waals surface area contributed by atoms with E-state index in [1.165, 1.54) is 12.6 Å². The maximum absolute atomic E-state index is 11.2. The molecule has 2 heterocycles. The van der Waals surface area contributed by atoms with Crippen LogP contribution in [0.2, 0.25) is 0 Å². The Kier molecular flexibility index (Phi) is 7.50. The third-order valence-corrected chi connectivity index (χ3v) is 5.98. The van der Waals surface area contributed by atoms with Crippen LogP contribution in [0.3, 0.4) is 0 Å². The van der Waals surface area contributed by atoms with E-state index in [0.29, 0.717) is 12.6 Å². The van der Waals surface area contributed by atoms with E-state index in [1.54, 1.807) is 0 Å². The van der Waals surface area contributed by atoms with E-state index in [-0.39, 0.29) is 11.9 Å². The monoisotopic (exact) mass is 439 g/mol. The van der Waals surface area contributed by atoms with Crippen molar-refractivity contribution in [2.24, 2.45) is 5.92 Å². The second kappa shape index (κ2) is 10.7. The zero-order valence-corrected chi connectivity index (χ0v) is 19.0. The molecule has 172 valence electrons. The minimum atomic E-state index is -0.0299. The van der Waals surface area contributed by atoms with E-state index in [1.807, 2.05) is 43.3 Å². The van der Waals surface area contributed by atoms with E-state index in [9.17, 15) is 4.79 Å². The van der Waals surface area contributed by atoms with Crippen molar-refractivity contribution in [3.05, 3.63) is 54.1 Å². The number of amides is 1. The topological polar surface area (TPSA) is 63.3 Å². The lowest BCUT2D eigenvalue weighted by Gasteiger charge is -2.21. The van der Waals surface area contributed by atoms with Crippen molar-refractivity contribution in [1.29, 1.82) is 0 Å². The molecule has 0 radical (unpaired) electrons. The molecule has 2 aliphatic heterocycles. The van der Waals surface area contributed by atoms with E-state index in [4.69, 9.17) is 14.2 Å². The van der Waals surface area contributed by atoms with Crippen molar-refractivity contribution >= 4 is 11.6 Å². The summed E-state index contributed by atoms with van der Waals surface area (Å²) in [7, 11) is 0. The number of hydrogen-bond donors (Lipinski definition) is 1. The van der Waals surface area contributed by atoms with Crippen LogP contribution in [0, 0.1) is 5.92 Å². The maximum Gasteiger partial charge on any atom is 0.217 e. The average Bonchev–Trinajstić information content (AvgIpc) is 3.49. The molecule has 2 aromatic rings. The number of benzene rings is 2. The lowest BCUT2D eigenvalue weighted by atomic mass is 10.1. The summed E-state index contributed by atoms with van der Waals surface area (Å²) in [5, 5.41) is 2.89. The van der Waals surface area contributed by atoms with Crippen LogP contribution in [0.25, 0.3) is 0 Å². The summed E-state index contributed by atoms with van der Waals surface area (Å²) in [4.78, 5) is 15.8. The van der Waals surface area contributed by atoms with Crippen LogP contribution in [0.15, 0.2) is 48.5 Å². The zero-order valence-electron chi connectivity index (χ0n) is 19.0. The van der Waals surface area contributed by atoms with Crippen LogP contribution in [-0.4, -0.2) is 57.1 Å². The van der Waals surface area contributed by atoms with E-state index < -0.39 is 0 Å². The van der Waals surface area contributed by atoms with Crippen molar-refractivity contribution in [2.75, 3.05) is 51.2 Å². The van der Waals surface area contributed by atoms with Crippen LogP contribution in [-0.2, 0) is 9.53 Å². The number of carbonyl (C=O) groups excluding carboxylic acids is 1. The summed E-state index contributed by atoms with van der Waals surface area (Å²) < 4.78 is 17.3. The van der Waals surface area contributed by atoms with Gasteiger partial charge in [-0.3, -0.25) is 9.69 Å². The molecule has 0 saturated carbocycles. The molecule has 2 aliphatic rings. The van der Waals surface area contributed by atoms with Crippen molar-refractivity contribution in [2.45, 2.75) is 26.3 Å². The van der Waals surface area contributed by atoms with Gasteiger partial charge in [-0.1, -0.05) is 12.1 Å². The largest absolute Gasteiger partial charge is 0.493 e. The summed E-state index contributed by atoms with van der Waals surface area (Å²) in [6.07, 6.45) is 1.09. The molecular formula is C25H33N3O4. The quantitative estimate of drug-likeness (QED) is 0.646. The minimum Gasteiger partial charge on any atom is -0.493 e. The minimum absolute atomic E-state index is 0.0118.